The zero-order valence-corrected chi connectivity index (χ0v) is 17.4. The summed E-state index contributed by atoms with van der Waals surface area (Å²) in [5, 5.41) is 9.26. The fourth-order valence-corrected chi connectivity index (χ4v) is 3.53. The molecule has 31 heavy (non-hydrogen) atoms. The lowest BCUT2D eigenvalue weighted by Crippen LogP contribution is -2.12. The number of hydrogen-bond acceptors (Lipinski definition) is 6. The van der Waals surface area contributed by atoms with E-state index < -0.39 is 5.82 Å². The standard InChI is InChI=1S/C22H19FN4O3S/c1-29-11-12-30-22-25-20(19-6-3-13-31-19)27(26-22)18-5-2-4-17(14-18)24-21(28)15-7-9-16(23)10-8-15/h2-10,13-14H,11-12H2,1H3,(H,24,28). The minimum absolute atomic E-state index is 0.237. The largest absolute Gasteiger partial charge is 0.460 e. The van der Waals surface area contributed by atoms with Crippen molar-refractivity contribution in [1.82, 2.24) is 14.8 Å². The van der Waals surface area contributed by atoms with E-state index in [1.54, 1.807) is 30.0 Å². The number of halogens is 1. The van der Waals surface area contributed by atoms with Crippen molar-refractivity contribution in [3.8, 4) is 22.4 Å². The lowest BCUT2D eigenvalue weighted by atomic mass is 10.2. The first-order chi connectivity index (χ1) is 15.1. The molecule has 4 aromatic rings. The average Bonchev–Trinajstić information content (AvgIpc) is 3.44. The molecule has 2 aromatic heterocycles. The number of aromatic nitrogens is 3. The third kappa shape index (κ3) is 4.96. The van der Waals surface area contributed by atoms with E-state index in [2.05, 4.69) is 15.4 Å². The minimum Gasteiger partial charge on any atom is -0.460 e. The highest BCUT2D eigenvalue weighted by Gasteiger charge is 2.16. The number of methoxy groups -OCH3 is 1. The number of thiophene rings is 1. The fourth-order valence-electron chi connectivity index (χ4n) is 2.84. The zero-order valence-electron chi connectivity index (χ0n) is 16.6. The van der Waals surface area contributed by atoms with Crippen molar-refractivity contribution >= 4 is 22.9 Å². The number of carbonyl (C=O) groups is 1. The zero-order chi connectivity index (χ0) is 21.6. The van der Waals surface area contributed by atoms with Crippen LogP contribution >= 0.6 is 11.3 Å². The second-order valence-electron chi connectivity index (χ2n) is 6.46. The lowest BCUT2D eigenvalue weighted by molar-refractivity contribution is 0.102. The number of carbonyl (C=O) groups excluding carboxylic acids is 1. The predicted molar refractivity (Wildman–Crippen MR) is 116 cm³/mol. The van der Waals surface area contributed by atoms with Crippen LogP contribution in [-0.4, -0.2) is 41.0 Å². The Hall–Kier alpha value is -3.56. The molecule has 0 bridgehead atoms. The number of amides is 1. The van der Waals surface area contributed by atoms with Crippen LogP contribution in [0.1, 0.15) is 10.4 Å². The van der Waals surface area contributed by atoms with E-state index in [-0.39, 0.29) is 11.9 Å². The summed E-state index contributed by atoms with van der Waals surface area (Å²) >= 11 is 1.54. The summed E-state index contributed by atoms with van der Waals surface area (Å²) in [5.41, 5.74) is 1.64. The number of hydrogen-bond donors (Lipinski definition) is 1. The number of ether oxygens (including phenoxy) is 2. The SMILES string of the molecule is COCCOc1nc(-c2cccs2)n(-c2cccc(NC(=O)c3ccc(F)cc3)c2)n1. The first-order valence-corrected chi connectivity index (χ1v) is 10.3. The Kier molecular flexibility index (Phi) is 6.34. The van der Waals surface area contributed by atoms with Crippen molar-refractivity contribution in [1.29, 1.82) is 0 Å². The summed E-state index contributed by atoms with van der Waals surface area (Å²) in [6.07, 6.45) is 0. The Balaban J connectivity index is 1.61. The monoisotopic (exact) mass is 438 g/mol. The highest BCUT2D eigenvalue weighted by atomic mass is 32.1. The third-order valence-electron chi connectivity index (χ3n) is 4.30. The number of benzene rings is 2. The van der Waals surface area contributed by atoms with Crippen molar-refractivity contribution in [2.75, 3.05) is 25.6 Å². The van der Waals surface area contributed by atoms with Gasteiger partial charge in [0.2, 0.25) is 0 Å². The smallest absolute Gasteiger partial charge is 0.336 e. The Bertz CT molecular complexity index is 1160. The van der Waals surface area contributed by atoms with Crippen molar-refractivity contribution in [2.24, 2.45) is 0 Å². The maximum atomic E-state index is 13.1. The van der Waals surface area contributed by atoms with Crippen LogP contribution in [0, 0.1) is 5.82 Å². The maximum Gasteiger partial charge on any atom is 0.336 e. The molecule has 0 radical (unpaired) electrons. The minimum atomic E-state index is -0.394. The van der Waals surface area contributed by atoms with Gasteiger partial charge in [-0.3, -0.25) is 4.79 Å². The topological polar surface area (TPSA) is 78.3 Å². The van der Waals surface area contributed by atoms with Gasteiger partial charge in [0.1, 0.15) is 12.4 Å². The van der Waals surface area contributed by atoms with Crippen LogP contribution in [0.2, 0.25) is 0 Å². The van der Waals surface area contributed by atoms with E-state index in [0.29, 0.717) is 36.0 Å². The van der Waals surface area contributed by atoms with Gasteiger partial charge in [-0.05, 0) is 53.9 Å². The second-order valence-corrected chi connectivity index (χ2v) is 7.41. The van der Waals surface area contributed by atoms with Crippen LogP contribution < -0.4 is 10.1 Å². The molecule has 1 N–H and O–H groups in total. The van der Waals surface area contributed by atoms with Crippen LogP contribution in [0.15, 0.2) is 66.0 Å². The predicted octanol–water partition coefficient (Wildman–Crippen LogP) is 4.41. The number of rotatable bonds is 8. The van der Waals surface area contributed by atoms with Crippen LogP contribution in [0.4, 0.5) is 10.1 Å². The van der Waals surface area contributed by atoms with Crippen molar-refractivity contribution < 1.29 is 18.7 Å². The van der Waals surface area contributed by atoms with E-state index >= 15 is 0 Å². The van der Waals surface area contributed by atoms with Crippen LogP contribution in [0.5, 0.6) is 6.01 Å². The summed E-state index contributed by atoms with van der Waals surface area (Å²) in [4.78, 5) is 17.9. The summed E-state index contributed by atoms with van der Waals surface area (Å²) in [5.74, 6) is -0.100. The van der Waals surface area contributed by atoms with E-state index in [4.69, 9.17) is 9.47 Å². The molecule has 0 unspecified atom stereocenters. The molecule has 0 fully saturated rings. The molecule has 0 aliphatic carbocycles. The second kappa shape index (κ2) is 9.50. The molecule has 0 saturated heterocycles. The van der Waals surface area contributed by atoms with Crippen molar-refractivity contribution in [2.45, 2.75) is 0 Å². The lowest BCUT2D eigenvalue weighted by Gasteiger charge is -2.09. The van der Waals surface area contributed by atoms with E-state index in [1.807, 2.05) is 23.6 Å². The van der Waals surface area contributed by atoms with Crippen LogP contribution in [0.3, 0.4) is 0 Å². The molecule has 0 spiro atoms. The molecule has 0 saturated carbocycles. The molecule has 2 heterocycles. The molecule has 7 nitrogen and oxygen atoms in total. The van der Waals surface area contributed by atoms with Gasteiger partial charge in [-0.2, -0.15) is 4.98 Å². The molecular weight excluding hydrogens is 419 g/mol. The number of nitrogens with zero attached hydrogens (tertiary/aromatic N) is 3. The molecule has 0 aliphatic rings. The number of nitrogens with one attached hydrogen (secondary N) is 1. The van der Waals surface area contributed by atoms with Crippen LogP contribution in [-0.2, 0) is 4.74 Å². The van der Waals surface area contributed by atoms with Gasteiger partial charge in [0, 0.05) is 18.4 Å². The van der Waals surface area contributed by atoms with Gasteiger partial charge in [-0.25, -0.2) is 9.07 Å². The maximum absolute atomic E-state index is 13.1. The molecule has 0 aliphatic heterocycles. The van der Waals surface area contributed by atoms with Crippen molar-refractivity contribution in [3.63, 3.8) is 0 Å². The highest BCUT2D eigenvalue weighted by molar-refractivity contribution is 7.13. The average molecular weight is 438 g/mol. The van der Waals surface area contributed by atoms with Crippen LogP contribution in [0.25, 0.3) is 16.4 Å². The Morgan fingerprint density at radius 3 is 2.71 bits per heavy atom. The van der Waals surface area contributed by atoms with Gasteiger partial charge in [0.05, 0.1) is 17.2 Å². The molecule has 4 rings (SSSR count). The van der Waals surface area contributed by atoms with E-state index in [0.717, 1.165) is 4.88 Å². The summed E-state index contributed by atoms with van der Waals surface area (Å²) in [6, 6.07) is 16.7. The molecule has 0 atom stereocenters. The molecule has 158 valence electrons. The quantitative estimate of drug-likeness (QED) is 0.412. The van der Waals surface area contributed by atoms with E-state index in [9.17, 15) is 9.18 Å². The summed E-state index contributed by atoms with van der Waals surface area (Å²) in [6.45, 7) is 0.756. The van der Waals surface area contributed by atoms with Gasteiger partial charge in [0.15, 0.2) is 5.82 Å². The van der Waals surface area contributed by atoms with E-state index in [1.165, 1.54) is 35.6 Å². The first kappa shape index (κ1) is 20.7. The summed E-state index contributed by atoms with van der Waals surface area (Å²) < 4.78 is 25.4. The molecule has 9 heteroatoms. The van der Waals surface area contributed by atoms with Gasteiger partial charge < -0.3 is 14.8 Å². The Morgan fingerprint density at radius 2 is 1.97 bits per heavy atom. The van der Waals surface area contributed by atoms with Gasteiger partial charge in [0.25, 0.3) is 5.91 Å². The Labute approximate surface area is 182 Å². The highest BCUT2D eigenvalue weighted by Crippen LogP contribution is 2.28. The molecule has 2 aromatic carbocycles. The van der Waals surface area contributed by atoms with Crippen molar-refractivity contribution in [3.05, 3.63) is 77.4 Å². The molecular formula is C22H19FN4O3S. The van der Waals surface area contributed by atoms with Gasteiger partial charge in [-0.1, -0.05) is 12.1 Å². The summed E-state index contributed by atoms with van der Waals surface area (Å²) in [7, 11) is 1.60. The number of anilines is 1. The van der Waals surface area contributed by atoms with Gasteiger partial charge >= 0.3 is 6.01 Å². The van der Waals surface area contributed by atoms with Gasteiger partial charge in [-0.15, -0.1) is 16.4 Å². The third-order valence-corrected chi connectivity index (χ3v) is 5.17. The fraction of sp³-hybridized carbons (Fsp3) is 0.136. The first-order valence-electron chi connectivity index (χ1n) is 9.44. The normalized spacial score (nSPS) is 10.8. The Morgan fingerprint density at radius 1 is 1.13 bits per heavy atom. The molecule has 1 amide bonds.